The minimum Gasteiger partial charge on any atom is -0.320 e. The number of benzene rings is 1. The van der Waals surface area contributed by atoms with Gasteiger partial charge in [0.05, 0.1) is 5.56 Å². The molecule has 24 heavy (non-hydrogen) atoms. The van der Waals surface area contributed by atoms with E-state index in [9.17, 15) is 18.0 Å². The summed E-state index contributed by atoms with van der Waals surface area (Å²) in [5.74, 6) is -0.395. The first-order valence-electron chi connectivity index (χ1n) is 7.91. The number of hydrazone groups is 1. The van der Waals surface area contributed by atoms with Crippen LogP contribution in [0, 0.1) is 0 Å². The van der Waals surface area contributed by atoms with E-state index in [0.29, 0.717) is 10.7 Å². The van der Waals surface area contributed by atoms with E-state index >= 15 is 0 Å². The number of carbonyl (C=O) groups is 1. The first-order valence-corrected chi connectivity index (χ1v) is 8.72. The molecule has 0 radical (unpaired) electrons. The first kappa shape index (κ1) is 17.1. The highest BCUT2D eigenvalue weighted by atomic mass is 32.2. The number of anilines is 1. The van der Waals surface area contributed by atoms with Crippen molar-refractivity contribution >= 4 is 28.4 Å². The Morgan fingerprint density at radius 2 is 1.75 bits per heavy atom. The van der Waals surface area contributed by atoms with Gasteiger partial charge in [0, 0.05) is 5.69 Å². The summed E-state index contributed by atoms with van der Waals surface area (Å²) in [6.07, 6.45) is 2.11. The van der Waals surface area contributed by atoms with Gasteiger partial charge in [-0.25, -0.2) is 0 Å². The monoisotopic (exact) mass is 357 g/mol. The fraction of sp³-hybridized carbons (Fsp3) is 0.500. The van der Waals surface area contributed by atoms with Crippen molar-refractivity contribution in [3.63, 3.8) is 0 Å². The third-order valence-electron chi connectivity index (χ3n) is 4.23. The number of alkyl halides is 3. The Bertz CT molecular complexity index is 635. The van der Waals surface area contributed by atoms with Gasteiger partial charge in [-0.3, -0.25) is 10.2 Å². The van der Waals surface area contributed by atoms with Gasteiger partial charge in [-0.15, -0.1) is 0 Å². The smallest absolute Gasteiger partial charge is 0.320 e. The predicted molar refractivity (Wildman–Crippen MR) is 88.7 cm³/mol. The van der Waals surface area contributed by atoms with Crippen molar-refractivity contribution in [3.05, 3.63) is 29.8 Å². The lowest BCUT2D eigenvalue weighted by atomic mass is 10.1. The topological polar surface area (TPSA) is 53.5 Å². The van der Waals surface area contributed by atoms with Crippen molar-refractivity contribution in [1.82, 2.24) is 5.43 Å². The molecule has 0 atom stereocenters. The molecule has 1 aliphatic heterocycles. The molecule has 1 aromatic rings. The summed E-state index contributed by atoms with van der Waals surface area (Å²) in [5.41, 5.74) is 2.67. The molecule has 1 spiro atoms. The van der Waals surface area contributed by atoms with Gasteiger partial charge in [0.1, 0.15) is 4.87 Å². The van der Waals surface area contributed by atoms with Crippen LogP contribution in [0.4, 0.5) is 18.9 Å². The number of rotatable bonds is 2. The van der Waals surface area contributed by atoms with Gasteiger partial charge in [-0.05, 0) is 37.1 Å². The molecule has 2 aliphatic rings. The van der Waals surface area contributed by atoms with E-state index in [4.69, 9.17) is 0 Å². The summed E-state index contributed by atoms with van der Waals surface area (Å²) in [7, 11) is 0. The van der Waals surface area contributed by atoms with E-state index < -0.39 is 17.6 Å². The zero-order chi connectivity index (χ0) is 17.2. The first-order chi connectivity index (χ1) is 11.4. The van der Waals surface area contributed by atoms with Gasteiger partial charge in [0.2, 0.25) is 0 Å². The van der Waals surface area contributed by atoms with Gasteiger partial charge in [-0.1, -0.05) is 37.4 Å². The Morgan fingerprint density at radius 1 is 1.12 bits per heavy atom. The Labute approximate surface area is 142 Å². The molecule has 3 rings (SSSR count). The van der Waals surface area contributed by atoms with Crippen LogP contribution in [0.1, 0.15) is 44.1 Å². The molecule has 0 unspecified atom stereocenters. The number of nitrogens with one attached hydrogen (secondary N) is 2. The van der Waals surface area contributed by atoms with Crippen molar-refractivity contribution in [2.75, 3.05) is 5.32 Å². The minimum atomic E-state index is -4.39. The molecule has 0 saturated heterocycles. The highest BCUT2D eigenvalue weighted by Gasteiger charge is 2.39. The van der Waals surface area contributed by atoms with Crippen molar-refractivity contribution in [2.45, 2.75) is 49.6 Å². The largest absolute Gasteiger partial charge is 0.416 e. The van der Waals surface area contributed by atoms with Crippen molar-refractivity contribution in [2.24, 2.45) is 5.10 Å². The van der Waals surface area contributed by atoms with Crippen LogP contribution in [0.25, 0.3) is 0 Å². The van der Waals surface area contributed by atoms with E-state index in [1.807, 2.05) is 0 Å². The van der Waals surface area contributed by atoms with Gasteiger partial charge in [0.25, 0.3) is 5.91 Å². The number of amides is 1. The number of halogens is 3. The molecule has 8 heteroatoms. The predicted octanol–water partition coefficient (Wildman–Crippen LogP) is 4.34. The second-order valence-corrected chi connectivity index (χ2v) is 7.44. The molecule has 1 amide bonds. The summed E-state index contributed by atoms with van der Waals surface area (Å²) in [6.45, 7) is 0. The molecule has 1 aromatic carbocycles. The molecule has 1 fully saturated rings. The molecule has 2 N–H and O–H groups in total. The Hall–Kier alpha value is -1.70. The lowest BCUT2D eigenvalue weighted by Crippen LogP contribution is -2.35. The van der Waals surface area contributed by atoms with Crippen LogP contribution in [0.5, 0.6) is 0 Å². The third-order valence-corrected chi connectivity index (χ3v) is 5.59. The maximum atomic E-state index is 12.5. The average molecular weight is 357 g/mol. The van der Waals surface area contributed by atoms with Gasteiger partial charge in [0.15, 0.2) is 5.04 Å². The van der Waals surface area contributed by atoms with Crippen LogP contribution >= 0.6 is 11.8 Å². The number of thioether (sulfide) groups is 1. The molecule has 0 aromatic heterocycles. The number of carbonyl (C=O) groups excluding carboxylic acids is 1. The zero-order valence-corrected chi connectivity index (χ0v) is 13.8. The van der Waals surface area contributed by atoms with Crippen LogP contribution in [-0.4, -0.2) is 15.8 Å². The summed E-state index contributed by atoms with van der Waals surface area (Å²) in [6, 6.07) is 4.39. The van der Waals surface area contributed by atoms with E-state index in [-0.39, 0.29) is 4.87 Å². The summed E-state index contributed by atoms with van der Waals surface area (Å²) in [4.78, 5) is 12.1. The van der Waals surface area contributed by atoms with Crippen LogP contribution in [0.15, 0.2) is 29.4 Å². The van der Waals surface area contributed by atoms with E-state index in [0.717, 1.165) is 37.8 Å². The molecule has 1 aliphatic carbocycles. The molecule has 0 bridgehead atoms. The number of hydrogen-bond donors (Lipinski definition) is 2. The van der Waals surface area contributed by atoms with Crippen LogP contribution in [0.2, 0.25) is 0 Å². The van der Waals surface area contributed by atoms with E-state index in [1.54, 1.807) is 0 Å². The summed E-state index contributed by atoms with van der Waals surface area (Å²) in [5, 5.41) is 7.08. The molecular formula is C16H18F3N3OS. The minimum absolute atomic E-state index is 0.205. The second kappa shape index (κ2) is 6.66. The standard InChI is InChI=1S/C16H18F3N3OS/c17-16(18,19)11-5-7-12(8-6-11)20-13(23)14-21-22-15(24-14)9-3-1-2-4-10-15/h5-8,22H,1-4,9-10H2,(H,20,23). The van der Waals surface area contributed by atoms with Gasteiger partial charge in [-0.2, -0.15) is 18.3 Å². The maximum Gasteiger partial charge on any atom is 0.416 e. The van der Waals surface area contributed by atoms with E-state index in [1.165, 1.54) is 36.7 Å². The molecular weight excluding hydrogens is 339 g/mol. The third kappa shape index (κ3) is 3.85. The number of nitrogens with zero attached hydrogens (tertiary/aromatic N) is 1. The van der Waals surface area contributed by atoms with Crippen LogP contribution < -0.4 is 10.7 Å². The normalized spacial score (nSPS) is 20.2. The summed E-state index contributed by atoms with van der Waals surface area (Å²) < 4.78 is 37.6. The highest BCUT2D eigenvalue weighted by Crippen LogP contribution is 2.40. The average Bonchev–Trinajstić information content (AvgIpc) is 2.80. The molecule has 130 valence electrons. The van der Waals surface area contributed by atoms with Crippen LogP contribution in [-0.2, 0) is 11.0 Å². The second-order valence-electron chi connectivity index (χ2n) is 6.07. The van der Waals surface area contributed by atoms with Gasteiger partial charge >= 0.3 is 6.18 Å². The van der Waals surface area contributed by atoms with E-state index in [2.05, 4.69) is 15.8 Å². The molecule has 1 saturated carbocycles. The Kier molecular flexibility index (Phi) is 4.76. The number of hydrogen-bond acceptors (Lipinski definition) is 4. The van der Waals surface area contributed by atoms with Crippen molar-refractivity contribution in [3.8, 4) is 0 Å². The van der Waals surface area contributed by atoms with Gasteiger partial charge < -0.3 is 5.32 Å². The summed E-state index contributed by atoms with van der Waals surface area (Å²) >= 11 is 1.43. The Morgan fingerprint density at radius 3 is 2.33 bits per heavy atom. The SMILES string of the molecule is O=C(Nc1ccc(C(F)(F)F)cc1)C1=NNC2(CCCCCC2)S1. The zero-order valence-electron chi connectivity index (χ0n) is 12.9. The maximum absolute atomic E-state index is 12.5. The molecule has 1 heterocycles. The van der Waals surface area contributed by atoms with Crippen molar-refractivity contribution in [1.29, 1.82) is 0 Å². The van der Waals surface area contributed by atoms with Crippen molar-refractivity contribution < 1.29 is 18.0 Å². The quantitative estimate of drug-likeness (QED) is 0.828. The Balaban J connectivity index is 1.61. The lowest BCUT2D eigenvalue weighted by molar-refractivity contribution is -0.137. The highest BCUT2D eigenvalue weighted by molar-refractivity contribution is 8.17. The fourth-order valence-corrected chi connectivity index (χ4v) is 4.11. The molecule has 4 nitrogen and oxygen atoms in total. The fourth-order valence-electron chi connectivity index (χ4n) is 2.92. The van der Waals surface area contributed by atoms with Crippen LogP contribution in [0.3, 0.4) is 0 Å². The lowest BCUT2D eigenvalue weighted by Gasteiger charge is -2.25.